The second-order valence-corrected chi connectivity index (χ2v) is 5.87. The van der Waals surface area contributed by atoms with Crippen LogP contribution in [-0.4, -0.2) is 48.3 Å². The Labute approximate surface area is 123 Å². The van der Waals surface area contributed by atoms with Gasteiger partial charge in [0.1, 0.15) is 0 Å². The Morgan fingerprint density at radius 2 is 2.15 bits per heavy atom. The fourth-order valence-electron chi connectivity index (χ4n) is 2.87. The quantitative estimate of drug-likeness (QED) is 0.763. The molecule has 112 valence electrons. The van der Waals surface area contributed by atoms with E-state index in [0.29, 0.717) is 6.04 Å². The van der Waals surface area contributed by atoms with Crippen LogP contribution >= 0.6 is 0 Å². The Balaban J connectivity index is 1.62. The van der Waals surface area contributed by atoms with Crippen LogP contribution in [0.5, 0.6) is 0 Å². The minimum atomic E-state index is -0.182. The topological polar surface area (TPSA) is 35.5 Å². The van der Waals surface area contributed by atoms with Gasteiger partial charge in [-0.1, -0.05) is 43.7 Å². The highest BCUT2D eigenvalue weighted by Crippen LogP contribution is 2.11. The van der Waals surface area contributed by atoms with E-state index in [0.717, 1.165) is 38.9 Å². The molecule has 1 aliphatic rings. The van der Waals surface area contributed by atoms with E-state index < -0.39 is 0 Å². The Morgan fingerprint density at radius 1 is 1.35 bits per heavy atom. The smallest absolute Gasteiger partial charge is 0.0664 e. The lowest BCUT2D eigenvalue weighted by Gasteiger charge is -2.18. The van der Waals surface area contributed by atoms with E-state index in [1.807, 2.05) is 0 Å². The van der Waals surface area contributed by atoms with Crippen LogP contribution in [0.1, 0.15) is 31.7 Å². The molecule has 20 heavy (non-hydrogen) atoms. The Hall–Kier alpha value is -0.900. The molecule has 3 heteroatoms. The van der Waals surface area contributed by atoms with Gasteiger partial charge in [0.05, 0.1) is 6.10 Å². The predicted octanol–water partition coefficient (Wildman–Crippen LogP) is 2.05. The first-order valence-electron chi connectivity index (χ1n) is 7.95. The Bertz CT molecular complexity index is 369. The summed E-state index contributed by atoms with van der Waals surface area (Å²) in [6.45, 7) is 6.29. The molecular weight excluding hydrogens is 248 g/mol. The van der Waals surface area contributed by atoms with Gasteiger partial charge in [-0.25, -0.2) is 0 Å². The molecule has 2 atom stereocenters. The van der Waals surface area contributed by atoms with Crippen molar-refractivity contribution in [1.82, 2.24) is 10.2 Å². The summed E-state index contributed by atoms with van der Waals surface area (Å²) in [5.41, 5.74) is 1.42. The molecule has 0 radical (unpaired) electrons. The molecule has 2 N–H and O–H groups in total. The van der Waals surface area contributed by atoms with Gasteiger partial charge in [-0.05, 0) is 31.4 Å². The highest BCUT2D eigenvalue weighted by molar-refractivity contribution is 5.14. The zero-order valence-corrected chi connectivity index (χ0v) is 12.6. The van der Waals surface area contributed by atoms with Crippen LogP contribution in [0, 0.1) is 0 Å². The number of nitrogens with zero attached hydrogens (tertiary/aromatic N) is 1. The fourth-order valence-corrected chi connectivity index (χ4v) is 2.87. The first kappa shape index (κ1) is 15.5. The zero-order valence-electron chi connectivity index (χ0n) is 12.6. The van der Waals surface area contributed by atoms with Crippen molar-refractivity contribution in [3.05, 3.63) is 35.9 Å². The van der Waals surface area contributed by atoms with Gasteiger partial charge in [-0.3, -0.25) is 0 Å². The third-order valence-electron chi connectivity index (χ3n) is 4.10. The molecule has 0 aliphatic carbocycles. The van der Waals surface area contributed by atoms with Crippen LogP contribution in [0.15, 0.2) is 30.3 Å². The summed E-state index contributed by atoms with van der Waals surface area (Å²) in [6.07, 6.45) is 4.10. The zero-order chi connectivity index (χ0) is 14.2. The predicted molar refractivity (Wildman–Crippen MR) is 83.9 cm³/mol. The molecule has 2 unspecified atom stereocenters. The minimum absolute atomic E-state index is 0.182. The highest BCUT2D eigenvalue weighted by atomic mass is 16.3. The molecular formula is C17H28N2O. The Morgan fingerprint density at radius 3 is 2.90 bits per heavy atom. The number of hydrogen-bond donors (Lipinski definition) is 2. The second kappa shape index (κ2) is 8.40. The van der Waals surface area contributed by atoms with Crippen LogP contribution in [0.4, 0.5) is 0 Å². The summed E-state index contributed by atoms with van der Waals surface area (Å²) in [5, 5.41) is 13.3. The summed E-state index contributed by atoms with van der Waals surface area (Å²) in [7, 11) is 0. The summed E-state index contributed by atoms with van der Waals surface area (Å²) >= 11 is 0. The summed E-state index contributed by atoms with van der Waals surface area (Å²) in [5.74, 6) is 0. The first-order valence-corrected chi connectivity index (χ1v) is 7.95. The molecule has 1 heterocycles. The van der Waals surface area contributed by atoms with E-state index in [-0.39, 0.29) is 6.10 Å². The monoisotopic (exact) mass is 276 g/mol. The summed E-state index contributed by atoms with van der Waals surface area (Å²) in [4.78, 5) is 2.52. The largest absolute Gasteiger partial charge is 0.392 e. The number of rotatable bonds is 8. The van der Waals surface area contributed by atoms with Gasteiger partial charge in [0.15, 0.2) is 0 Å². The molecule has 1 fully saturated rings. The molecule has 1 saturated heterocycles. The lowest BCUT2D eigenvalue weighted by Crippen LogP contribution is -2.37. The number of hydrogen-bond acceptors (Lipinski definition) is 3. The van der Waals surface area contributed by atoms with Crippen molar-refractivity contribution in [2.24, 2.45) is 0 Å². The van der Waals surface area contributed by atoms with E-state index in [1.54, 1.807) is 0 Å². The van der Waals surface area contributed by atoms with E-state index in [4.69, 9.17) is 0 Å². The maximum Gasteiger partial charge on any atom is 0.0664 e. The standard InChI is InChI=1S/C17H28N2O/c1-2-6-17(20)13-18-16-10-12-19(14-16)11-9-15-7-4-3-5-8-15/h3-5,7-8,16-18,20H,2,6,9-14H2,1H3. The molecule has 1 aromatic rings. The third kappa shape index (κ3) is 5.23. The van der Waals surface area contributed by atoms with Gasteiger partial charge in [-0.15, -0.1) is 0 Å². The average Bonchev–Trinajstić information content (AvgIpc) is 2.92. The SMILES string of the molecule is CCCC(O)CNC1CCN(CCc2ccccc2)C1. The van der Waals surface area contributed by atoms with Gasteiger partial charge in [0.25, 0.3) is 0 Å². The van der Waals surface area contributed by atoms with E-state index in [2.05, 4.69) is 47.5 Å². The number of likely N-dealkylation sites (tertiary alicyclic amines) is 1. The molecule has 0 bridgehead atoms. The van der Waals surface area contributed by atoms with Crippen LogP contribution in [0.2, 0.25) is 0 Å². The van der Waals surface area contributed by atoms with Gasteiger partial charge in [0.2, 0.25) is 0 Å². The third-order valence-corrected chi connectivity index (χ3v) is 4.10. The van der Waals surface area contributed by atoms with Crippen molar-refractivity contribution in [1.29, 1.82) is 0 Å². The van der Waals surface area contributed by atoms with Gasteiger partial charge < -0.3 is 15.3 Å². The van der Waals surface area contributed by atoms with E-state index in [9.17, 15) is 5.11 Å². The van der Waals surface area contributed by atoms with Crippen molar-refractivity contribution in [2.75, 3.05) is 26.2 Å². The molecule has 3 nitrogen and oxygen atoms in total. The van der Waals surface area contributed by atoms with Crippen LogP contribution in [0.3, 0.4) is 0 Å². The molecule has 0 amide bonds. The lowest BCUT2D eigenvalue weighted by atomic mass is 10.1. The number of nitrogens with one attached hydrogen (secondary N) is 1. The van der Waals surface area contributed by atoms with Crippen molar-refractivity contribution in [3.63, 3.8) is 0 Å². The van der Waals surface area contributed by atoms with Crippen LogP contribution in [-0.2, 0) is 6.42 Å². The van der Waals surface area contributed by atoms with Crippen molar-refractivity contribution in [3.8, 4) is 0 Å². The highest BCUT2D eigenvalue weighted by Gasteiger charge is 2.22. The molecule has 0 aromatic heterocycles. The number of benzene rings is 1. The van der Waals surface area contributed by atoms with Gasteiger partial charge in [0, 0.05) is 25.7 Å². The van der Waals surface area contributed by atoms with Gasteiger partial charge in [-0.2, -0.15) is 0 Å². The molecule has 2 rings (SSSR count). The second-order valence-electron chi connectivity index (χ2n) is 5.87. The van der Waals surface area contributed by atoms with Crippen molar-refractivity contribution in [2.45, 2.75) is 44.8 Å². The first-order chi connectivity index (χ1) is 9.78. The molecule has 0 spiro atoms. The normalized spacial score (nSPS) is 21.2. The van der Waals surface area contributed by atoms with E-state index in [1.165, 1.54) is 18.5 Å². The van der Waals surface area contributed by atoms with E-state index >= 15 is 0 Å². The maximum atomic E-state index is 9.75. The average molecular weight is 276 g/mol. The van der Waals surface area contributed by atoms with Crippen molar-refractivity contribution >= 4 is 0 Å². The number of aliphatic hydroxyl groups is 1. The molecule has 1 aliphatic heterocycles. The lowest BCUT2D eigenvalue weighted by molar-refractivity contribution is 0.156. The molecule has 1 aromatic carbocycles. The summed E-state index contributed by atoms with van der Waals surface area (Å²) < 4.78 is 0. The Kier molecular flexibility index (Phi) is 6.51. The van der Waals surface area contributed by atoms with Gasteiger partial charge >= 0.3 is 0 Å². The molecule has 0 saturated carbocycles. The maximum absolute atomic E-state index is 9.75. The van der Waals surface area contributed by atoms with Crippen LogP contribution < -0.4 is 5.32 Å². The summed E-state index contributed by atoms with van der Waals surface area (Å²) in [6, 6.07) is 11.2. The van der Waals surface area contributed by atoms with Crippen molar-refractivity contribution < 1.29 is 5.11 Å². The number of aliphatic hydroxyl groups excluding tert-OH is 1. The minimum Gasteiger partial charge on any atom is -0.392 e. The van der Waals surface area contributed by atoms with Crippen LogP contribution in [0.25, 0.3) is 0 Å². The fraction of sp³-hybridized carbons (Fsp3) is 0.647.